The van der Waals surface area contributed by atoms with Gasteiger partial charge in [-0.15, -0.1) is 0 Å². The summed E-state index contributed by atoms with van der Waals surface area (Å²) in [5, 5.41) is 6.40. The van der Waals surface area contributed by atoms with Crippen LogP contribution in [-0.4, -0.2) is 63.4 Å². The first-order chi connectivity index (χ1) is 11.9. The van der Waals surface area contributed by atoms with Gasteiger partial charge in [0.05, 0.1) is 13.7 Å². The second-order valence-electron chi connectivity index (χ2n) is 6.08. The van der Waals surface area contributed by atoms with Crippen molar-refractivity contribution in [3.63, 3.8) is 0 Å². The minimum atomic E-state index is -4.15. The molecule has 0 bridgehead atoms. The van der Waals surface area contributed by atoms with E-state index < -0.39 is 12.7 Å². The molecule has 0 spiro atoms. The van der Waals surface area contributed by atoms with Crippen molar-refractivity contribution < 1.29 is 17.9 Å². The largest absolute Gasteiger partial charge is 0.497 e. The van der Waals surface area contributed by atoms with Gasteiger partial charge in [-0.2, -0.15) is 13.2 Å². The van der Waals surface area contributed by atoms with Gasteiger partial charge in [-0.3, -0.25) is 9.89 Å². The molecule has 1 fully saturated rings. The van der Waals surface area contributed by atoms with Crippen LogP contribution in [0.25, 0.3) is 0 Å². The number of hydrogen-bond donors (Lipinski definition) is 2. The first kappa shape index (κ1) is 19.4. The van der Waals surface area contributed by atoms with Crippen LogP contribution in [0.5, 0.6) is 5.75 Å². The summed E-state index contributed by atoms with van der Waals surface area (Å²) in [4.78, 5) is 5.56. The molecular weight excluding hydrogens is 333 g/mol. The Morgan fingerprint density at radius 1 is 1.32 bits per heavy atom. The first-order valence-electron chi connectivity index (χ1n) is 8.29. The zero-order chi connectivity index (χ0) is 18.3. The predicted octanol–water partition coefficient (Wildman–Crippen LogP) is 2.04. The van der Waals surface area contributed by atoms with Gasteiger partial charge in [-0.25, -0.2) is 0 Å². The van der Waals surface area contributed by atoms with Crippen LogP contribution in [0.2, 0.25) is 0 Å². The maximum Gasteiger partial charge on any atom is 0.401 e. The van der Waals surface area contributed by atoms with Gasteiger partial charge in [-0.1, -0.05) is 12.1 Å². The van der Waals surface area contributed by atoms with Gasteiger partial charge < -0.3 is 15.4 Å². The number of halogens is 3. The number of guanidine groups is 1. The SMILES string of the molecule is CN=C(NCCc1ccc(OC)cc1)NC1CCN(CC(F)(F)F)C1. The van der Waals surface area contributed by atoms with Crippen LogP contribution >= 0.6 is 0 Å². The van der Waals surface area contributed by atoms with Crippen molar-refractivity contribution in [2.24, 2.45) is 4.99 Å². The Balaban J connectivity index is 1.72. The molecule has 2 rings (SSSR count). The molecule has 0 amide bonds. The summed E-state index contributed by atoms with van der Waals surface area (Å²) in [6.07, 6.45) is -2.65. The van der Waals surface area contributed by atoms with Crippen LogP contribution in [0.3, 0.4) is 0 Å². The Hall–Kier alpha value is -1.96. The molecule has 1 aromatic rings. The number of nitrogens with zero attached hydrogens (tertiary/aromatic N) is 2. The van der Waals surface area contributed by atoms with Crippen LogP contribution in [0.1, 0.15) is 12.0 Å². The molecule has 140 valence electrons. The molecule has 0 saturated carbocycles. The first-order valence-corrected chi connectivity index (χ1v) is 8.29. The van der Waals surface area contributed by atoms with E-state index in [1.807, 2.05) is 24.3 Å². The lowest BCUT2D eigenvalue weighted by Crippen LogP contribution is -2.45. The normalized spacial score (nSPS) is 19.1. The van der Waals surface area contributed by atoms with Crippen molar-refractivity contribution in [3.05, 3.63) is 29.8 Å². The van der Waals surface area contributed by atoms with Crippen molar-refractivity contribution in [1.82, 2.24) is 15.5 Å². The molecule has 2 N–H and O–H groups in total. The third kappa shape index (κ3) is 6.81. The van der Waals surface area contributed by atoms with Gasteiger partial charge in [0.1, 0.15) is 5.75 Å². The Morgan fingerprint density at radius 3 is 2.64 bits per heavy atom. The molecule has 0 radical (unpaired) electrons. The van der Waals surface area contributed by atoms with Gasteiger partial charge in [0.15, 0.2) is 5.96 Å². The van der Waals surface area contributed by atoms with Crippen LogP contribution in [0.15, 0.2) is 29.3 Å². The lowest BCUT2D eigenvalue weighted by atomic mass is 10.1. The van der Waals surface area contributed by atoms with Crippen molar-refractivity contribution in [3.8, 4) is 5.75 Å². The van der Waals surface area contributed by atoms with E-state index in [1.54, 1.807) is 14.2 Å². The van der Waals surface area contributed by atoms with E-state index in [2.05, 4.69) is 15.6 Å². The van der Waals surface area contributed by atoms with Gasteiger partial charge in [0, 0.05) is 32.7 Å². The standard InChI is InChI=1S/C17H25F3N4O/c1-21-16(22-9-7-13-3-5-15(25-2)6-4-13)23-14-8-10-24(11-14)12-17(18,19)20/h3-6,14H,7-12H2,1-2H3,(H2,21,22,23). The molecule has 8 heteroatoms. The average Bonchev–Trinajstić information content (AvgIpc) is 2.99. The fourth-order valence-electron chi connectivity index (χ4n) is 2.85. The van der Waals surface area contributed by atoms with E-state index >= 15 is 0 Å². The second kappa shape index (κ2) is 8.94. The highest BCUT2D eigenvalue weighted by Gasteiger charge is 2.34. The summed E-state index contributed by atoms with van der Waals surface area (Å²) >= 11 is 0. The minimum Gasteiger partial charge on any atom is -0.497 e. The van der Waals surface area contributed by atoms with Gasteiger partial charge >= 0.3 is 6.18 Å². The van der Waals surface area contributed by atoms with E-state index in [9.17, 15) is 13.2 Å². The molecule has 1 aliphatic rings. The number of hydrogen-bond acceptors (Lipinski definition) is 3. The third-order valence-corrected chi connectivity index (χ3v) is 4.10. The Kier molecular flexibility index (Phi) is 6.92. The molecule has 1 aliphatic heterocycles. The van der Waals surface area contributed by atoms with Gasteiger partial charge in [0.2, 0.25) is 0 Å². The molecule has 25 heavy (non-hydrogen) atoms. The van der Waals surface area contributed by atoms with Crippen molar-refractivity contribution in [2.75, 3.05) is 40.3 Å². The number of nitrogens with one attached hydrogen (secondary N) is 2. The molecule has 1 heterocycles. The Labute approximate surface area is 146 Å². The van der Waals surface area contributed by atoms with Crippen LogP contribution < -0.4 is 15.4 Å². The molecule has 0 aliphatic carbocycles. The predicted molar refractivity (Wildman–Crippen MR) is 92.1 cm³/mol. The van der Waals surface area contributed by atoms with E-state index in [0.717, 1.165) is 12.2 Å². The fraction of sp³-hybridized carbons (Fsp3) is 0.588. The van der Waals surface area contributed by atoms with Crippen molar-refractivity contribution >= 4 is 5.96 Å². The van der Waals surface area contributed by atoms with Gasteiger partial charge in [-0.05, 0) is 30.5 Å². The summed E-state index contributed by atoms with van der Waals surface area (Å²) < 4.78 is 42.4. The maximum atomic E-state index is 12.4. The maximum absolute atomic E-state index is 12.4. The molecule has 1 saturated heterocycles. The molecule has 0 aromatic heterocycles. The van der Waals surface area contributed by atoms with E-state index in [0.29, 0.717) is 32.0 Å². The lowest BCUT2D eigenvalue weighted by molar-refractivity contribution is -0.143. The Morgan fingerprint density at radius 2 is 2.04 bits per heavy atom. The summed E-state index contributed by atoms with van der Waals surface area (Å²) in [5.74, 6) is 1.44. The quantitative estimate of drug-likeness (QED) is 0.604. The van der Waals surface area contributed by atoms with Crippen LogP contribution in [0, 0.1) is 0 Å². The number of likely N-dealkylation sites (tertiary alicyclic amines) is 1. The second-order valence-corrected chi connectivity index (χ2v) is 6.08. The Bertz CT molecular complexity index is 560. The molecular formula is C17H25F3N4O. The molecule has 1 unspecified atom stereocenters. The average molecular weight is 358 g/mol. The molecule has 1 aromatic carbocycles. The highest BCUT2D eigenvalue weighted by Crippen LogP contribution is 2.19. The lowest BCUT2D eigenvalue weighted by Gasteiger charge is -2.19. The highest BCUT2D eigenvalue weighted by atomic mass is 19.4. The molecule has 1 atom stereocenters. The monoisotopic (exact) mass is 358 g/mol. The van der Waals surface area contributed by atoms with E-state index in [4.69, 9.17) is 4.74 Å². The number of rotatable bonds is 6. The van der Waals surface area contributed by atoms with Crippen LogP contribution in [0.4, 0.5) is 13.2 Å². The number of benzene rings is 1. The zero-order valence-corrected chi connectivity index (χ0v) is 14.6. The molecule has 5 nitrogen and oxygen atoms in total. The van der Waals surface area contributed by atoms with Crippen LogP contribution in [-0.2, 0) is 6.42 Å². The zero-order valence-electron chi connectivity index (χ0n) is 14.6. The fourth-order valence-corrected chi connectivity index (χ4v) is 2.85. The topological polar surface area (TPSA) is 48.9 Å². The highest BCUT2D eigenvalue weighted by molar-refractivity contribution is 5.80. The van der Waals surface area contributed by atoms with Gasteiger partial charge in [0.25, 0.3) is 0 Å². The minimum absolute atomic E-state index is 0.0189. The summed E-state index contributed by atoms with van der Waals surface area (Å²) in [6, 6.07) is 7.81. The third-order valence-electron chi connectivity index (χ3n) is 4.10. The number of alkyl halides is 3. The summed E-state index contributed by atoms with van der Waals surface area (Å²) in [5.41, 5.74) is 1.17. The van der Waals surface area contributed by atoms with Crippen molar-refractivity contribution in [2.45, 2.75) is 25.1 Å². The van der Waals surface area contributed by atoms with Crippen molar-refractivity contribution in [1.29, 1.82) is 0 Å². The number of methoxy groups -OCH3 is 1. The van der Waals surface area contributed by atoms with E-state index in [-0.39, 0.29) is 6.04 Å². The summed E-state index contributed by atoms with van der Waals surface area (Å²) in [6.45, 7) is 0.651. The summed E-state index contributed by atoms with van der Waals surface area (Å²) in [7, 11) is 3.29. The number of ether oxygens (including phenoxy) is 1. The smallest absolute Gasteiger partial charge is 0.401 e. The number of aliphatic imine (C=N–C) groups is 1. The van der Waals surface area contributed by atoms with E-state index in [1.165, 1.54) is 10.5 Å².